The fraction of sp³-hybridized carbons (Fsp3) is 0.632. The Labute approximate surface area is 202 Å². The van der Waals surface area contributed by atoms with Crippen LogP contribution in [-0.2, 0) is 21.3 Å². The second-order valence-electron chi connectivity index (χ2n) is 6.98. The molecule has 0 bridgehead atoms. The summed E-state index contributed by atoms with van der Waals surface area (Å²) in [6, 6.07) is 5.50. The molecular formula is C19H32ClIN4O4S. The predicted molar refractivity (Wildman–Crippen MR) is 132 cm³/mol. The molecule has 0 aromatic heterocycles. The number of benzene rings is 1. The average Bonchev–Trinajstić information content (AvgIpc) is 2.69. The molecule has 0 spiro atoms. The minimum Gasteiger partial charge on any atom is -0.496 e. The van der Waals surface area contributed by atoms with E-state index in [1.54, 1.807) is 20.2 Å². The molecule has 1 fully saturated rings. The monoisotopic (exact) mass is 574 g/mol. The summed E-state index contributed by atoms with van der Waals surface area (Å²) in [7, 11) is 0.0122. The molecular weight excluding hydrogens is 543 g/mol. The molecule has 1 aromatic rings. The molecule has 1 aliphatic heterocycles. The fourth-order valence-corrected chi connectivity index (χ4v) is 4.51. The molecule has 30 heavy (non-hydrogen) atoms. The Kier molecular flexibility index (Phi) is 11.7. The molecule has 2 rings (SSSR count). The van der Waals surface area contributed by atoms with Crippen molar-refractivity contribution in [1.29, 1.82) is 0 Å². The molecule has 0 amide bonds. The fourth-order valence-electron chi connectivity index (χ4n) is 3.07. The van der Waals surface area contributed by atoms with Gasteiger partial charge in [0.15, 0.2) is 5.96 Å². The van der Waals surface area contributed by atoms with Crippen LogP contribution in [0.2, 0.25) is 5.02 Å². The van der Waals surface area contributed by atoms with Crippen LogP contribution in [0.15, 0.2) is 23.2 Å². The van der Waals surface area contributed by atoms with Crippen molar-refractivity contribution in [2.45, 2.75) is 26.5 Å². The number of ether oxygens (including phenoxy) is 2. The number of nitrogens with one attached hydrogen (secondary N) is 1. The van der Waals surface area contributed by atoms with Crippen molar-refractivity contribution in [1.82, 2.24) is 14.5 Å². The highest BCUT2D eigenvalue weighted by atomic mass is 127. The third kappa shape index (κ3) is 8.03. The summed E-state index contributed by atoms with van der Waals surface area (Å²) in [6.45, 7) is 6.52. The third-order valence-corrected chi connectivity index (χ3v) is 6.69. The molecule has 0 atom stereocenters. The molecule has 1 aromatic carbocycles. The number of piperazine rings is 1. The normalized spacial score (nSPS) is 15.8. The Morgan fingerprint density at radius 1 is 1.27 bits per heavy atom. The highest BCUT2D eigenvalue weighted by molar-refractivity contribution is 14.0. The van der Waals surface area contributed by atoms with Gasteiger partial charge in [-0.25, -0.2) is 8.42 Å². The Bertz CT molecular complexity index is 800. The Morgan fingerprint density at radius 2 is 1.93 bits per heavy atom. The summed E-state index contributed by atoms with van der Waals surface area (Å²) in [5.74, 6) is 1.44. The van der Waals surface area contributed by atoms with Crippen molar-refractivity contribution in [2.24, 2.45) is 4.99 Å². The number of guanidine groups is 1. The van der Waals surface area contributed by atoms with E-state index in [1.165, 1.54) is 4.31 Å². The lowest BCUT2D eigenvalue weighted by Gasteiger charge is -2.35. The van der Waals surface area contributed by atoms with E-state index < -0.39 is 10.0 Å². The van der Waals surface area contributed by atoms with Gasteiger partial charge in [0.2, 0.25) is 10.0 Å². The number of rotatable bonds is 8. The predicted octanol–water partition coefficient (Wildman–Crippen LogP) is 2.41. The van der Waals surface area contributed by atoms with E-state index in [0.29, 0.717) is 43.5 Å². The quantitative estimate of drug-likeness (QED) is 0.292. The number of methoxy groups -OCH3 is 1. The minimum absolute atomic E-state index is 0. The molecule has 1 N–H and O–H groups in total. The van der Waals surface area contributed by atoms with Crippen molar-refractivity contribution in [3.8, 4) is 5.75 Å². The van der Waals surface area contributed by atoms with Crippen LogP contribution in [0, 0.1) is 0 Å². The third-order valence-electron chi connectivity index (χ3n) is 4.62. The van der Waals surface area contributed by atoms with Gasteiger partial charge >= 0.3 is 0 Å². The van der Waals surface area contributed by atoms with E-state index in [2.05, 4.69) is 15.2 Å². The van der Waals surface area contributed by atoms with Crippen LogP contribution in [-0.4, -0.2) is 82.4 Å². The summed E-state index contributed by atoms with van der Waals surface area (Å²) in [5.41, 5.74) is 0.962. The number of aliphatic imine (C=N–C) groups is 1. The molecule has 172 valence electrons. The SMILES string of the molecule is CN=C(NCc1ccc(Cl)cc1OC)N1CCN(S(=O)(=O)CCOC(C)C)CC1.I. The van der Waals surface area contributed by atoms with Crippen molar-refractivity contribution in [3.05, 3.63) is 28.8 Å². The summed E-state index contributed by atoms with van der Waals surface area (Å²) in [4.78, 5) is 6.39. The van der Waals surface area contributed by atoms with Crippen LogP contribution < -0.4 is 10.1 Å². The van der Waals surface area contributed by atoms with Gasteiger partial charge in [0, 0.05) is 50.4 Å². The van der Waals surface area contributed by atoms with E-state index in [1.807, 2.05) is 26.0 Å². The molecule has 11 heteroatoms. The van der Waals surface area contributed by atoms with E-state index in [4.69, 9.17) is 21.1 Å². The standard InChI is InChI=1S/C19H31ClN4O4S.HI/c1-15(2)28-11-12-29(25,26)24-9-7-23(8-10-24)19(21-3)22-14-16-5-6-17(20)13-18(16)27-4;/h5-6,13,15H,7-12,14H2,1-4H3,(H,21,22);1H. The molecule has 0 aliphatic carbocycles. The van der Waals surface area contributed by atoms with Gasteiger partial charge < -0.3 is 19.7 Å². The Hall–Kier alpha value is -0.820. The first kappa shape index (κ1) is 27.2. The molecule has 1 heterocycles. The van der Waals surface area contributed by atoms with Gasteiger partial charge in [-0.1, -0.05) is 17.7 Å². The molecule has 0 unspecified atom stereocenters. The molecule has 1 saturated heterocycles. The zero-order chi connectivity index (χ0) is 21.4. The van der Waals surface area contributed by atoms with E-state index in [9.17, 15) is 8.42 Å². The first-order valence-electron chi connectivity index (χ1n) is 9.64. The Morgan fingerprint density at radius 3 is 2.50 bits per heavy atom. The lowest BCUT2D eigenvalue weighted by molar-refractivity contribution is 0.0904. The highest BCUT2D eigenvalue weighted by Gasteiger charge is 2.28. The van der Waals surface area contributed by atoms with Gasteiger partial charge in [-0.2, -0.15) is 4.31 Å². The number of sulfonamides is 1. The van der Waals surface area contributed by atoms with Gasteiger partial charge in [0.25, 0.3) is 0 Å². The maximum atomic E-state index is 12.5. The summed E-state index contributed by atoms with van der Waals surface area (Å²) < 4.78 is 37.2. The highest BCUT2D eigenvalue weighted by Crippen LogP contribution is 2.23. The largest absolute Gasteiger partial charge is 0.496 e. The molecule has 0 radical (unpaired) electrons. The molecule has 8 nitrogen and oxygen atoms in total. The average molecular weight is 575 g/mol. The van der Waals surface area contributed by atoms with Crippen molar-refractivity contribution >= 4 is 51.6 Å². The number of hydrogen-bond acceptors (Lipinski definition) is 5. The van der Waals surface area contributed by atoms with Crippen LogP contribution in [0.3, 0.4) is 0 Å². The molecule has 0 saturated carbocycles. The summed E-state index contributed by atoms with van der Waals surface area (Å²) >= 11 is 6.01. The number of nitrogens with zero attached hydrogens (tertiary/aromatic N) is 3. The second kappa shape index (κ2) is 12.9. The minimum atomic E-state index is -3.31. The van der Waals surface area contributed by atoms with Gasteiger partial charge in [-0.15, -0.1) is 24.0 Å². The lowest BCUT2D eigenvalue weighted by atomic mass is 10.2. The second-order valence-corrected chi connectivity index (χ2v) is 9.50. The van der Waals surface area contributed by atoms with Crippen LogP contribution in [0.5, 0.6) is 5.75 Å². The van der Waals surface area contributed by atoms with Gasteiger partial charge in [0.05, 0.1) is 25.6 Å². The van der Waals surface area contributed by atoms with E-state index in [0.717, 1.165) is 11.5 Å². The maximum Gasteiger partial charge on any atom is 0.216 e. The summed E-state index contributed by atoms with van der Waals surface area (Å²) in [5, 5.41) is 3.93. The first-order chi connectivity index (χ1) is 13.8. The lowest BCUT2D eigenvalue weighted by Crippen LogP contribution is -2.54. The first-order valence-corrected chi connectivity index (χ1v) is 11.6. The smallest absolute Gasteiger partial charge is 0.216 e. The van der Waals surface area contributed by atoms with Crippen molar-refractivity contribution < 1.29 is 17.9 Å². The van der Waals surface area contributed by atoms with E-state index >= 15 is 0 Å². The van der Waals surface area contributed by atoms with Crippen LogP contribution >= 0.6 is 35.6 Å². The topological polar surface area (TPSA) is 83.5 Å². The van der Waals surface area contributed by atoms with Crippen LogP contribution in [0.4, 0.5) is 0 Å². The van der Waals surface area contributed by atoms with Crippen molar-refractivity contribution in [2.75, 3.05) is 52.7 Å². The van der Waals surface area contributed by atoms with E-state index in [-0.39, 0.29) is 42.4 Å². The zero-order valence-electron chi connectivity index (χ0n) is 17.9. The number of hydrogen-bond donors (Lipinski definition) is 1. The summed E-state index contributed by atoms with van der Waals surface area (Å²) in [6.07, 6.45) is 0.0238. The van der Waals surface area contributed by atoms with Gasteiger partial charge in [0.1, 0.15) is 5.75 Å². The van der Waals surface area contributed by atoms with Gasteiger partial charge in [-0.3, -0.25) is 4.99 Å². The Balaban J connectivity index is 0.00000450. The van der Waals surface area contributed by atoms with Crippen molar-refractivity contribution in [3.63, 3.8) is 0 Å². The number of halogens is 2. The molecule has 1 aliphatic rings. The van der Waals surface area contributed by atoms with Crippen LogP contribution in [0.1, 0.15) is 19.4 Å². The van der Waals surface area contributed by atoms with Gasteiger partial charge in [-0.05, 0) is 26.0 Å². The van der Waals surface area contributed by atoms with Crippen LogP contribution in [0.25, 0.3) is 0 Å². The zero-order valence-corrected chi connectivity index (χ0v) is 21.8. The maximum absolute atomic E-state index is 12.5.